The molecular weight excluding hydrogens is 563 g/mol. The van der Waals surface area contributed by atoms with Crippen molar-refractivity contribution in [1.29, 1.82) is 0 Å². The Morgan fingerprint density at radius 2 is 1.07 bits per heavy atom. The van der Waals surface area contributed by atoms with E-state index in [4.69, 9.17) is 23.2 Å². The third kappa shape index (κ3) is 7.58. The highest BCUT2D eigenvalue weighted by Crippen LogP contribution is 2.03. The molecule has 0 bridgehead atoms. The topological polar surface area (TPSA) is 152 Å². The molecule has 206 valence electrons. The van der Waals surface area contributed by atoms with Gasteiger partial charge in [-0.3, -0.25) is 24.1 Å². The smallest absolute Gasteiger partial charge is 0.287 e. The van der Waals surface area contributed by atoms with Crippen LogP contribution in [0, 0.1) is 0 Å². The maximum atomic E-state index is 11.4. The van der Waals surface area contributed by atoms with Gasteiger partial charge in [0.2, 0.25) is 0 Å². The first-order valence-electron chi connectivity index (χ1n) is 11.4. The van der Waals surface area contributed by atoms with E-state index in [0.29, 0.717) is 11.6 Å². The van der Waals surface area contributed by atoms with Gasteiger partial charge in [-0.15, -0.1) is 0 Å². The second-order valence-electron chi connectivity index (χ2n) is 8.02. The van der Waals surface area contributed by atoms with E-state index in [9.17, 15) is 24.0 Å². The molecule has 0 atom stereocenters. The fraction of sp³-hybridized carbons (Fsp3) is 0.120. The van der Waals surface area contributed by atoms with Crippen LogP contribution < -0.4 is 37.3 Å². The van der Waals surface area contributed by atoms with Gasteiger partial charge in [0.25, 0.3) is 22.8 Å². The Hall–Kier alpha value is -4.88. The number of H-pyrrole nitrogens is 2. The predicted molar refractivity (Wildman–Crippen MR) is 147 cm³/mol. The van der Waals surface area contributed by atoms with Gasteiger partial charge in [-0.2, -0.15) is 14.1 Å². The van der Waals surface area contributed by atoms with Gasteiger partial charge >= 0.3 is 17.1 Å². The molecule has 0 amide bonds. The molecule has 5 aromatic heterocycles. The molecule has 0 radical (unpaired) electrons. The van der Waals surface area contributed by atoms with Crippen LogP contribution in [0.25, 0.3) is 11.6 Å². The van der Waals surface area contributed by atoms with Gasteiger partial charge in [-0.25, -0.2) is 23.5 Å². The zero-order chi connectivity index (χ0) is 29.4. The average Bonchev–Trinajstić information content (AvgIpc) is 2.93. The Labute approximate surface area is 235 Å². The summed E-state index contributed by atoms with van der Waals surface area (Å²) in [6.07, 6.45) is 7.22. The molecule has 0 aliphatic heterocycles. The van der Waals surface area contributed by atoms with Crippen molar-refractivity contribution < 1.29 is 9.13 Å². The number of aromatic amines is 2. The maximum Gasteiger partial charge on any atom is 0.436 e. The molecule has 0 aromatic carbocycles. The van der Waals surface area contributed by atoms with E-state index in [1.807, 2.05) is 53.8 Å². The van der Waals surface area contributed by atoms with E-state index in [-0.39, 0.29) is 16.0 Å². The fourth-order valence-electron chi connectivity index (χ4n) is 3.17. The fourth-order valence-corrected chi connectivity index (χ4v) is 3.51. The minimum atomic E-state index is -0.502. The SMILES string of the molecule is Cn1c(-[n+]2ccccc2)cc(=O)[nH]c1=O.Cn1c(-[n+]2ccccc2)cc(Cl)nc1=O.Cn1c(Cl)cc(=O)[nH]c1=O. The van der Waals surface area contributed by atoms with Crippen molar-refractivity contribution in [2.45, 2.75) is 0 Å². The predicted octanol–water partition coefficient (Wildman–Crippen LogP) is -0.212. The largest absolute Gasteiger partial charge is 0.436 e. The molecule has 0 aliphatic rings. The first-order chi connectivity index (χ1) is 19.0. The zero-order valence-corrected chi connectivity index (χ0v) is 23.0. The van der Waals surface area contributed by atoms with Gasteiger partial charge in [-0.1, -0.05) is 35.3 Å². The molecule has 5 rings (SSSR count). The minimum absolute atomic E-state index is 0.133. The van der Waals surface area contributed by atoms with Crippen LogP contribution in [0.15, 0.2) is 103 Å². The van der Waals surface area contributed by atoms with Crippen LogP contribution in [0.3, 0.4) is 0 Å². The van der Waals surface area contributed by atoms with Gasteiger partial charge in [0.1, 0.15) is 10.3 Å². The van der Waals surface area contributed by atoms with Gasteiger partial charge in [0.15, 0.2) is 0 Å². The summed E-state index contributed by atoms with van der Waals surface area (Å²) in [6.45, 7) is 0. The standard InChI is InChI=1S/C10H9ClN3O.C10H9N3O2.C5H5ClN2O2/c1-13-9(7-8(11)12-10(13)15)14-5-3-2-4-6-14;1-12-9(7-8(14)11-10(12)15)13-5-3-2-4-6-13;1-8-3(6)2-4(9)7-5(8)10/h2*2-7H,1H3;2H,1H3,(H,7,9,10)/q+1;;/p+1. The Bertz CT molecular complexity index is 1910. The summed E-state index contributed by atoms with van der Waals surface area (Å²) >= 11 is 11.2. The lowest BCUT2D eigenvalue weighted by molar-refractivity contribution is -0.602. The highest BCUT2D eigenvalue weighted by Gasteiger charge is 2.13. The molecular formula is C25H24Cl2N8O5+2. The molecule has 0 spiro atoms. The van der Waals surface area contributed by atoms with E-state index >= 15 is 0 Å². The Kier molecular flexibility index (Phi) is 9.84. The second-order valence-corrected chi connectivity index (χ2v) is 8.80. The number of pyridine rings is 2. The third-order valence-electron chi connectivity index (χ3n) is 5.29. The van der Waals surface area contributed by atoms with Crippen molar-refractivity contribution in [2.75, 3.05) is 0 Å². The molecule has 2 N–H and O–H groups in total. The normalized spacial score (nSPS) is 10.1. The number of nitrogens with zero attached hydrogens (tertiary/aromatic N) is 6. The minimum Gasteiger partial charge on any atom is -0.287 e. The maximum absolute atomic E-state index is 11.4. The van der Waals surface area contributed by atoms with E-state index in [1.165, 1.54) is 22.2 Å². The lowest BCUT2D eigenvalue weighted by Crippen LogP contribution is -2.40. The van der Waals surface area contributed by atoms with Crippen molar-refractivity contribution >= 4 is 23.2 Å². The van der Waals surface area contributed by atoms with Crippen LogP contribution in [0.1, 0.15) is 0 Å². The number of hydrogen-bond acceptors (Lipinski definition) is 6. The Balaban J connectivity index is 0.000000169. The summed E-state index contributed by atoms with van der Waals surface area (Å²) in [5.74, 6) is 1.21. The first kappa shape index (κ1) is 29.7. The first-order valence-corrected chi connectivity index (χ1v) is 12.2. The molecule has 5 aromatic rings. The lowest BCUT2D eigenvalue weighted by Gasteiger charge is -2.00. The lowest BCUT2D eigenvalue weighted by atomic mass is 10.4. The summed E-state index contributed by atoms with van der Waals surface area (Å²) in [5.41, 5.74) is -2.17. The second kappa shape index (κ2) is 13.3. The van der Waals surface area contributed by atoms with Gasteiger partial charge < -0.3 is 0 Å². The van der Waals surface area contributed by atoms with Crippen molar-refractivity contribution in [3.05, 3.63) is 142 Å². The summed E-state index contributed by atoms with van der Waals surface area (Å²) in [7, 11) is 4.73. The number of rotatable bonds is 2. The van der Waals surface area contributed by atoms with E-state index in [1.54, 1.807) is 41.7 Å². The number of halogens is 2. The van der Waals surface area contributed by atoms with Crippen LogP contribution >= 0.6 is 23.2 Å². The van der Waals surface area contributed by atoms with Crippen molar-refractivity contribution in [1.82, 2.24) is 28.7 Å². The van der Waals surface area contributed by atoms with Crippen LogP contribution in [0.4, 0.5) is 0 Å². The molecule has 0 saturated heterocycles. The number of hydrogen-bond donors (Lipinski definition) is 2. The van der Waals surface area contributed by atoms with E-state index in [2.05, 4.69) is 9.97 Å². The van der Waals surface area contributed by atoms with Crippen molar-refractivity contribution in [3.8, 4) is 11.6 Å². The van der Waals surface area contributed by atoms with Crippen LogP contribution in [-0.2, 0) is 21.1 Å². The van der Waals surface area contributed by atoms with E-state index in [0.717, 1.165) is 10.6 Å². The summed E-state index contributed by atoms with van der Waals surface area (Å²) in [4.78, 5) is 62.9. The molecule has 0 fully saturated rings. The molecule has 0 aliphatic carbocycles. The van der Waals surface area contributed by atoms with Gasteiger partial charge in [0.05, 0.1) is 51.0 Å². The summed E-state index contributed by atoms with van der Waals surface area (Å²) < 4.78 is 7.46. The number of aromatic nitrogens is 8. The Morgan fingerprint density at radius 3 is 1.57 bits per heavy atom. The van der Waals surface area contributed by atoms with Crippen molar-refractivity contribution in [3.63, 3.8) is 0 Å². The third-order valence-corrected chi connectivity index (χ3v) is 5.84. The highest BCUT2D eigenvalue weighted by atomic mass is 35.5. The van der Waals surface area contributed by atoms with Crippen molar-refractivity contribution in [2.24, 2.45) is 21.1 Å². The number of nitrogens with one attached hydrogen (secondary N) is 2. The molecule has 40 heavy (non-hydrogen) atoms. The summed E-state index contributed by atoms with van der Waals surface area (Å²) in [5, 5.41) is 0.332. The Morgan fingerprint density at radius 1 is 0.625 bits per heavy atom. The highest BCUT2D eigenvalue weighted by molar-refractivity contribution is 6.29. The van der Waals surface area contributed by atoms with Gasteiger partial charge in [-0.05, 0) is 24.3 Å². The van der Waals surface area contributed by atoms with Crippen LogP contribution in [0.5, 0.6) is 0 Å². The van der Waals surface area contributed by atoms with Crippen LogP contribution in [-0.4, -0.2) is 28.7 Å². The quantitative estimate of drug-likeness (QED) is 0.215. The average molecular weight is 587 g/mol. The molecule has 5 heterocycles. The van der Waals surface area contributed by atoms with Crippen LogP contribution in [0.2, 0.25) is 10.3 Å². The van der Waals surface area contributed by atoms with E-state index < -0.39 is 22.5 Å². The molecule has 15 heteroatoms. The molecule has 0 unspecified atom stereocenters. The monoisotopic (exact) mass is 586 g/mol. The molecule has 0 saturated carbocycles. The zero-order valence-electron chi connectivity index (χ0n) is 21.5. The molecule has 13 nitrogen and oxygen atoms in total. The summed E-state index contributed by atoms with van der Waals surface area (Å²) in [6, 6.07) is 15.3. The van der Waals surface area contributed by atoms with Gasteiger partial charge in [0, 0.05) is 13.1 Å².